The number of amides is 1. The largest absolute Gasteiger partial charge is 0.497 e. The van der Waals surface area contributed by atoms with Crippen LogP contribution in [-0.4, -0.2) is 24.1 Å². The molecule has 0 atom stereocenters. The van der Waals surface area contributed by atoms with E-state index < -0.39 is 11.9 Å². The van der Waals surface area contributed by atoms with E-state index in [1.807, 2.05) is 12.1 Å². The van der Waals surface area contributed by atoms with E-state index in [2.05, 4.69) is 5.32 Å². The van der Waals surface area contributed by atoms with Crippen LogP contribution in [-0.2, 0) is 4.79 Å². The maximum absolute atomic E-state index is 11.9. The predicted octanol–water partition coefficient (Wildman–Crippen LogP) is 3.05. The van der Waals surface area contributed by atoms with Gasteiger partial charge in [-0.2, -0.15) is 0 Å². The number of methoxy groups -OCH3 is 1. The quantitative estimate of drug-likeness (QED) is 0.832. The second kappa shape index (κ2) is 7.08. The number of carbonyl (C=O) groups excluding carboxylic acids is 1. The summed E-state index contributed by atoms with van der Waals surface area (Å²) in [7, 11) is 1.58. The number of nitrogens with one attached hydrogen (secondary N) is 1. The lowest BCUT2D eigenvalue weighted by atomic mass is 10.1. The Hall–Kier alpha value is -3.08. The number of para-hydroxylation sites is 1. The first-order valence-electron chi connectivity index (χ1n) is 6.55. The molecule has 0 heterocycles. The standard InChI is InChI=1S/C17H15NO4/c1-22-13-9-6-12(7-10-13)8-11-16(19)18-15-5-3-2-4-14(15)17(20)21/h2-11H,1H3,(H,18,19)(H,20,21). The molecule has 2 aromatic rings. The van der Waals surface area contributed by atoms with Gasteiger partial charge in [-0.3, -0.25) is 4.79 Å². The minimum atomic E-state index is -1.09. The average Bonchev–Trinajstić information content (AvgIpc) is 2.53. The summed E-state index contributed by atoms with van der Waals surface area (Å²) in [5.41, 5.74) is 1.15. The van der Waals surface area contributed by atoms with Crippen LogP contribution < -0.4 is 10.1 Å². The van der Waals surface area contributed by atoms with Crippen LogP contribution in [0.15, 0.2) is 54.6 Å². The highest BCUT2D eigenvalue weighted by atomic mass is 16.5. The maximum Gasteiger partial charge on any atom is 0.337 e. The molecule has 2 N–H and O–H groups in total. The molecule has 0 aromatic heterocycles. The predicted molar refractivity (Wildman–Crippen MR) is 84.1 cm³/mol. The Labute approximate surface area is 127 Å². The van der Waals surface area contributed by atoms with Crippen molar-refractivity contribution in [3.05, 3.63) is 65.7 Å². The summed E-state index contributed by atoms with van der Waals surface area (Å²) in [5.74, 6) is -0.753. The van der Waals surface area contributed by atoms with Gasteiger partial charge in [0.2, 0.25) is 5.91 Å². The SMILES string of the molecule is COc1ccc(C=CC(=O)Nc2ccccc2C(=O)O)cc1. The zero-order valence-corrected chi connectivity index (χ0v) is 11.9. The third-order valence-electron chi connectivity index (χ3n) is 2.96. The fourth-order valence-corrected chi connectivity index (χ4v) is 1.84. The molecule has 0 bridgehead atoms. The van der Waals surface area contributed by atoms with E-state index in [9.17, 15) is 9.59 Å². The molecule has 2 aromatic carbocycles. The fourth-order valence-electron chi connectivity index (χ4n) is 1.84. The highest BCUT2D eigenvalue weighted by Crippen LogP contribution is 2.15. The molecule has 0 radical (unpaired) electrons. The van der Waals surface area contributed by atoms with Crippen molar-refractivity contribution in [1.82, 2.24) is 0 Å². The molecule has 0 fully saturated rings. The molecule has 5 heteroatoms. The van der Waals surface area contributed by atoms with Crippen molar-refractivity contribution in [2.45, 2.75) is 0 Å². The Kier molecular flexibility index (Phi) is 4.93. The minimum absolute atomic E-state index is 0.0497. The van der Waals surface area contributed by atoms with Crippen molar-refractivity contribution in [3.8, 4) is 5.75 Å². The van der Waals surface area contributed by atoms with Gasteiger partial charge in [0.1, 0.15) is 5.75 Å². The Morgan fingerprint density at radius 2 is 1.77 bits per heavy atom. The lowest BCUT2D eigenvalue weighted by Crippen LogP contribution is -2.11. The van der Waals surface area contributed by atoms with E-state index in [1.54, 1.807) is 43.5 Å². The van der Waals surface area contributed by atoms with Crippen LogP contribution in [0, 0.1) is 0 Å². The molecular weight excluding hydrogens is 282 g/mol. The summed E-state index contributed by atoms with van der Waals surface area (Å²) >= 11 is 0. The topological polar surface area (TPSA) is 75.6 Å². The number of carboxylic acids is 1. The molecule has 0 unspecified atom stereocenters. The number of benzene rings is 2. The smallest absolute Gasteiger partial charge is 0.337 e. The van der Waals surface area contributed by atoms with E-state index >= 15 is 0 Å². The first-order chi connectivity index (χ1) is 10.6. The van der Waals surface area contributed by atoms with E-state index in [4.69, 9.17) is 9.84 Å². The fraction of sp³-hybridized carbons (Fsp3) is 0.0588. The summed E-state index contributed by atoms with van der Waals surface area (Å²) < 4.78 is 5.05. The highest BCUT2D eigenvalue weighted by Gasteiger charge is 2.09. The molecule has 0 aliphatic rings. The van der Waals surface area contributed by atoms with Gasteiger partial charge in [0.05, 0.1) is 18.4 Å². The van der Waals surface area contributed by atoms with Crippen LogP contribution in [0.25, 0.3) is 6.08 Å². The van der Waals surface area contributed by atoms with Gasteiger partial charge in [0.25, 0.3) is 0 Å². The molecule has 5 nitrogen and oxygen atoms in total. The summed E-state index contributed by atoms with van der Waals surface area (Å²) in [4.78, 5) is 22.9. The molecule has 0 spiro atoms. The number of carboxylic acid groups (broad SMARTS) is 1. The van der Waals surface area contributed by atoms with Gasteiger partial charge in [0.15, 0.2) is 0 Å². The Bertz CT molecular complexity index is 705. The number of rotatable bonds is 5. The third kappa shape index (κ3) is 3.96. The van der Waals surface area contributed by atoms with Gasteiger partial charge < -0.3 is 15.2 Å². The summed E-state index contributed by atoms with van der Waals surface area (Å²) in [6.07, 6.45) is 2.98. The van der Waals surface area contributed by atoms with Crippen molar-refractivity contribution in [2.75, 3.05) is 12.4 Å². The van der Waals surface area contributed by atoms with Crippen molar-refractivity contribution < 1.29 is 19.4 Å². The molecular formula is C17H15NO4. The van der Waals surface area contributed by atoms with Crippen LogP contribution in [0.4, 0.5) is 5.69 Å². The van der Waals surface area contributed by atoms with Gasteiger partial charge in [-0.05, 0) is 35.9 Å². The van der Waals surface area contributed by atoms with Crippen LogP contribution in [0.5, 0.6) is 5.75 Å². The highest BCUT2D eigenvalue weighted by molar-refractivity contribution is 6.06. The normalized spacial score (nSPS) is 10.4. The van der Waals surface area contributed by atoms with Gasteiger partial charge in [-0.1, -0.05) is 24.3 Å². The van der Waals surface area contributed by atoms with Crippen molar-refractivity contribution in [1.29, 1.82) is 0 Å². The van der Waals surface area contributed by atoms with Gasteiger partial charge >= 0.3 is 5.97 Å². The van der Waals surface area contributed by atoms with Crippen molar-refractivity contribution in [3.63, 3.8) is 0 Å². The van der Waals surface area contributed by atoms with Crippen molar-refractivity contribution in [2.24, 2.45) is 0 Å². The van der Waals surface area contributed by atoms with Gasteiger partial charge in [0, 0.05) is 6.08 Å². The lowest BCUT2D eigenvalue weighted by Gasteiger charge is -2.05. The van der Waals surface area contributed by atoms with Crippen LogP contribution in [0.2, 0.25) is 0 Å². The number of anilines is 1. The Balaban J connectivity index is 2.06. The molecule has 0 saturated carbocycles. The molecule has 2 rings (SSSR count). The van der Waals surface area contributed by atoms with E-state index in [1.165, 1.54) is 12.1 Å². The molecule has 0 saturated heterocycles. The first-order valence-corrected chi connectivity index (χ1v) is 6.55. The average molecular weight is 297 g/mol. The van der Waals surface area contributed by atoms with Gasteiger partial charge in [-0.15, -0.1) is 0 Å². The second-order valence-electron chi connectivity index (χ2n) is 4.45. The monoisotopic (exact) mass is 297 g/mol. The molecule has 1 amide bonds. The lowest BCUT2D eigenvalue weighted by molar-refractivity contribution is -0.111. The second-order valence-corrected chi connectivity index (χ2v) is 4.45. The molecule has 0 aliphatic carbocycles. The number of hydrogen-bond donors (Lipinski definition) is 2. The molecule has 112 valence electrons. The summed E-state index contributed by atoms with van der Waals surface area (Å²) in [6, 6.07) is 13.4. The number of hydrogen-bond acceptors (Lipinski definition) is 3. The van der Waals surface area contributed by atoms with Gasteiger partial charge in [-0.25, -0.2) is 4.79 Å². The third-order valence-corrected chi connectivity index (χ3v) is 2.96. The van der Waals surface area contributed by atoms with E-state index in [-0.39, 0.29) is 11.3 Å². The summed E-state index contributed by atoms with van der Waals surface area (Å²) in [6.45, 7) is 0. The Morgan fingerprint density at radius 3 is 2.41 bits per heavy atom. The zero-order chi connectivity index (χ0) is 15.9. The number of carbonyl (C=O) groups is 2. The van der Waals surface area contributed by atoms with Crippen LogP contribution >= 0.6 is 0 Å². The molecule has 0 aliphatic heterocycles. The number of aromatic carboxylic acids is 1. The van der Waals surface area contributed by atoms with Crippen molar-refractivity contribution >= 4 is 23.6 Å². The van der Waals surface area contributed by atoms with Crippen LogP contribution in [0.3, 0.4) is 0 Å². The summed E-state index contributed by atoms with van der Waals surface area (Å²) in [5, 5.41) is 11.6. The van der Waals surface area contributed by atoms with E-state index in [0.717, 1.165) is 11.3 Å². The van der Waals surface area contributed by atoms with Crippen LogP contribution in [0.1, 0.15) is 15.9 Å². The zero-order valence-electron chi connectivity index (χ0n) is 11.9. The van der Waals surface area contributed by atoms with E-state index in [0.29, 0.717) is 0 Å². The Morgan fingerprint density at radius 1 is 1.09 bits per heavy atom. The minimum Gasteiger partial charge on any atom is -0.497 e. The number of ether oxygens (including phenoxy) is 1. The maximum atomic E-state index is 11.9. The first kappa shape index (κ1) is 15.3. The molecule has 22 heavy (non-hydrogen) atoms.